The summed E-state index contributed by atoms with van der Waals surface area (Å²) in [5, 5.41) is 3.74. The summed E-state index contributed by atoms with van der Waals surface area (Å²) >= 11 is 0. The van der Waals surface area contributed by atoms with Crippen LogP contribution >= 0.6 is 0 Å². The zero-order valence-electron chi connectivity index (χ0n) is 16.2. The number of methoxy groups -OCH3 is 1. The number of esters is 1. The standard InChI is InChI=1S/C20H25N3O5/c1-13-4-3-5-14-16(13)17(18(21-14)19(25)26-2)22-15(24)12-23-8-6-20(7-9-23)27-10-11-28-20/h3-5,21H,6-12H2,1-2H3,(H,22,24). The second-order valence-electron chi connectivity index (χ2n) is 7.30. The van der Waals surface area contributed by atoms with Gasteiger partial charge in [-0.25, -0.2) is 4.79 Å². The molecular formula is C20H25N3O5. The number of hydrogen-bond acceptors (Lipinski definition) is 6. The molecule has 2 aromatic rings. The van der Waals surface area contributed by atoms with Gasteiger partial charge in [0.2, 0.25) is 5.91 Å². The number of anilines is 1. The van der Waals surface area contributed by atoms with Crippen LogP contribution in [0.4, 0.5) is 5.69 Å². The van der Waals surface area contributed by atoms with Gasteiger partial charge in [0.15, 0.2) is 5.79 Å². The normalized spacial score (nSPS) is 19.2. The van der Waals surface area contributed by atoms with Crippen molar-refractivity contribution in [3.05, 3.63) is 29.5 Å². The van der Waals surface area contributed by atoms with Crippen LogP contribution in [0.2, 0.25) is 0 Å². The van der Waals surface area contributed by atoms with E-state index in [9.17, 15) is 9.59 Å². The highest BCUT2D eigenvalue weighted by Crippen LogP contribution is 2.32. The van der Waals surface area contributed by atoms with E-state index < -0.39 is 11.8 Å². The van der Waals surface area contributed by atoms with Crippen molar-refractivity contribution in [1.29, 1.82) is 0 Å². The minimum atomic E-state index is -0.513. The summed E-state index contributed by atoms with van der Waals surface area (Å²) in [5.74, 6) is -1.14. The highest BCUT2D eigenvalue weighted by atomic mass is 16.7. The molecule has 2 N–H and O–H groups in total. The number of likely N-dealkylation sites (tertiary alicyclic amines) is 1. The number of aromatic nitrogens is 1. The molecule has 1 amide bonds. The summed E-state index contributed by atoms with van der Waals surface area (Å²) in [7, 11) is 1.32. The maximum absolute atomic E-state index is 12.7. The van der Waals surface area contributed by atoms with Crippen LogP contribution in [0.3, 0.4) is 0 Å². The number of aryl methyl sites for hydroxylation is 1. The van der Waals surface area contributed by atoms with E-state index in [2.05, 4.69) is 15.2 Å². The van der Waals surface area contributed by atoms with Gasteiger partial charge < -0.3 is 24.5 Å². The van der Waals surface area contributed by atoms with Crippen LogP contribution in [0.5, 0.6) is 0 Å². The van der Waals surface area contributed by atoms with Gasteiger partial charge in [0.1, 0.15) is 5.69 Å². The van der Waals surface area contributed by atoms with Gasteiger partial charge in [-0.3, -0.25) is 9.69 Å². The number of ether oxygens (including phenoxy) is 3. The van der Waals surface area contributed by atoms with Crippen molar-refractivity contribution in [2.75, 3.05) is 45.3 Å². The Balaban J connectivity index is 1.48. The number of benzene rings is 1. The number of hydrogen-bond donors (Lipinski definition) is 2. The number of carbonyl (C=O) groups is 2. The third-order valence-corrected chi connectivity index (χ3v) is 5.49. The number of piperidine rings is 1. The van der Waals surface area contributed by atoms with Gasteiger partial charge in [-0.2, -0.15) is 0 Å². The molecule has 0 bridgehead atoms. The number of carbonyl (C=O) groups excluding carboxylic acids is 2. The van der Waals surface area contributed by atoms with Crippen LogP contribution in [-0.4, -0.2) is 67.5 Å². The van der Waals surface area contributed by atoms with Gasteiger partial charge in [-0.05, 0) is 18.6 Å². The van der Waals surface area contributed by atoms with Crippen molar-refractivity contribution < 1.29 is 23.8 Å². The second kappa shape index (κ2) is 7.54. The number of aromatic amines is 1. The lowest BCUT2D eigenvalue weighted by atomic mass is 10.0. The van der Waals surface area contributed by atoms with Gasteiger partial charge in [0, 0.05) is 36.8 Å². The zero-order chi connectivity index (χ0) is 19.7. The van der Waals surface area contributed by atoms with E-state index in [1.54, 1.807) is 0 Å². The van der Waals surface area contributed by atoms with Crippen LogP contribution in [-0.2, 0) is 19.0 Å². The lowest BCUT2D eigenvalue weighted by Crippen LogP contribution is -2.47. The molecular weight excluding hydrogens is 362 g/mol. The maximum atomic E-state index is 12.7. The molecule has 0 radical (unpaired) electrons. The molecule has 4 rings (SSSR count). The minimum Gasteiger partial charge on any atom is -0.464 e. The smallest absolute Gasteiger partial charge is 0.356 e. The fraction of sp³-hybridized carbons (Fsp3) is 0.500. The van der Waals surface area contributed by atoms with Gasteiger partial charge in [-0.15, -0.1) is 0 Å². The topological polar surface area (TPSA) is 92.9 Å². The van der Waals surface area contributed by atoms with Crippen molar-refractivity contribution in [2.24, 2.45) is 0 Å². The van der Waals surface area contributed by atoms with E-state index in [0.717, 1.165) is 42.4 Å². The largest absolute Gasteiger partial charge is 0.464 e. The van der Waals surface area contributed by atoms with Crippen LogP contribution < -0.4 is 5.32 Å². The molecule has 28 heavy (non-hydrogen) atoms. The molecule has 2 saturated heterocycles. The van der Waals surface area contributed by atoms with Gasteiger partial charge in [0.05, 0.1) is 32.6 Å². The Hall–Kier alpha value is -2.42. The Kier molecular flexibility index (Phi) is 5.09. The monoisotopic (exact) mass is 387 g/mol. The van der Waals surface area contributed by atoms with Crippen LogP contribution in [0.1, 0.15) is 28.9 Å². The summed E-state index contributed by atoms with van der Waals surface area (Å²) in [5.41, 5.74) is 2.48. The van der Waals surface area contributed by atoms with E-state index >= 15 is 0 Å². The minimum absolute atomic E-state index is 0.168. The number of H-pyrrole nitrogens is 1. The maximum Gasteiger partial charge on any atom is 0.356 e. The molecule has 2 aliphatic rings. The summed E-state index contributed by atoms with van der Waals surface area (Å²) < 4.78 is 16.3. The number of nitrogens with one attached hydrogen (secondary N) is 2. The van der Waals surface area contributed by atoms with E-state index in [4.69, 9.17) is 14.2 Å². The summed E-state index contributed by atoms with van der Waals surface area (Å²) in [6.45, 7) is 4.91. The molecule has 2 fully saturated rings. The third kappa shape index (κ3) is 3.50. The van der Waals surface area contributed by atoms with E-state index in [-0.39, 0.29) is 18.1 Å². The molecule has 0 atom stereocenters. The lowest BCUT2D eigenvalue weighted by molar-refractivity contribution is -0.185. The first-order valence-corrected chi connectivity index (χ1v) is 9.51. The average Bonchev–Trinajstić information content (AvgIpc) is 3.29. The van der Waals surface area contributed by atoms with Crippen molar-refractivity contribution in [2.45, 2.75) is 25.6 Å². The average molecular weight is 387 g/mol. The van der Waals surface area contributed by atoms with Crippen LogP contribution in [0, 0.1) is 6.92 Å². The first-order valence-electron chi connectivity index (χ1n) is 9.51. The first-order chi connectivity index (χ1) is 13.5. The number of fused-ring (bicyclic) bond motifs is 1. The quantitative estimate of drug-likeness (QED) is 0.780. The highest BCUT2D eigenvalue weighted by molar-refractivity contribution is 6.12. The fourth-order valence-corrected chi connectivity index (χ4v) is 4.03. The van der Waals surface area contributed by atoms with Gasteiger partial charge >= 0.3 is 5.97 Å². The molecule has 1 aromatic heterocycles. The molecule has 150 valence electrons. The predicted octanol–water partition coefficient (Wildman–Crippen LogP) is 2.04. The van der Waals surface area contributed by atoms with Crippen LogP contribution in [0.25, 0.3) is 10.9 Å². The van der Waals surface area contributed by atoms with Gasteiger partial charge in [0.25, 0.3) is 0 Å². The van der Waals surface area contributed by atoms with E-state index in [1.165, 1.54) is 7.11 Å². The van der Waals surface area contributed by atoms with Gasteiger partial charge in [-0.1, -0.05) is 12.1 Å². The molecule has 0 aliphatic carbocycles. The first kappa shape index (κ1) is 18.9. The van der Waals surface area contributed by atoms with Crippen molar-refractivity contribution in [3.63, 3.8) is 0 Å². The summed E-state index contributed by atoms with van der Waals surface area (Å²) in [6, 6.07) is 5.71. The molecule has 8 heteroatoms. The van der Waals surface area contributed by atoms with E-state index in [0.29, 0.717) is 18.9 Å². The molecule has 1 aromatic carbocycles. The highest BCUT2D eigenvalue weighted by Gasteiger charge is 2.40. The van der Waals surface area contributed by atoms with Crippen molar-refractivity contribution in [1.82, 2.24) is 9.88 Å². The Morgan fingerprint density at radius 1 is 1.25 bits per heavy atom. The second-order valence-corrected chi connectivity index (χ2v) is 7.30. The summed E-state index contributed by atoms with van der Waals surface area (Å²) in [4.78, 5) is 30.1. The Morgan fingerprint density at radius 3 is 2.64 bits per heavy atom. The molecule has 0 unspecified atom stereocenters. The van der Waals surface area contributed by atoms with Crippen molar-refractivity contribution >= 4 is 28.5 Å². The molecule has 0 saturated carbocycles. The Morgan fingerprint density at radius 2 is 1.96 bits per heavy atom. The summed E-state index contributed by atoms with van der Waals surface area (Å²) in [6.07, 6.45) is 1.50. The van der Waals surface area contributed by atoms with Crippen LogP contribution in [0.15, 0.2) is 18.2 Å². The molecule has 8 nitrogen and oxygen atoms in total. The molecule has 3 heterocycles. The Bertz CT molecular complexity index is 891. The number of rotatable bonds is 4. The van der Waals surface area contributed by atoms with E-state index in [1.807, 2.05) is 25.1 Å². The number of nitrogens with zero attached hydrogens (tertiary/aromatic N) is 1. The Labute approximate surface area is 163 Å². The SMILES string of the molecule is COC(=O)c1[nH]c2cccc(C)c2c1NC(=O)CN1CCC2(CC1)OCCO2. The predicted molar refractivity (Wildman–Crippen MR) is 103 cm³/mol. The van der Waals surface area contributed by atoms with Crippen molar-refractivity contribution in [3.8, 4) is 0 Å². The third-order valence-electron chi connectivity index (χ3n) is 5.49. The zero-order valence-corrected chi connectivity index (χ0v) is 16.2. The number of amides is 1. The molecule has 2 aliphatic heterocycles. The fourth-order valence-electron chi connectivity index (χ4n) is 4.03. The lowest BCUT2D eigenvalue weighted by Gasteiger charge is -2.37. The molecule has 1 spiro atoms.